The summed E-state index contributed by atoms with van der Waals surface area (Å²) in [5.41, 5.74) is 1.49. The second kappa shape index (κ2) is 7.21. The minimum absolute atomic E-state index is 0.00813. The zero-order valence-corrected chi connectivity index (χ0v) is 13.7. The van der Waals surface area contributed by atoms with Gasteiger partial charge in [-0.05, 0) is 44.2 Å². The first-order valence-electron chi connectivity index (χ1n) is 8.76. The van der Waals surface area contributed by atoms with Crippen LogP contribution in [0.3, 0.4) is 0 Å². The predicted molar refractivity (Wildman–Crippen MR) is 92.9 cm³/mol. The van der Waals surface area contributed by atoms with Crippen molar-refractivity contribution in [3.8, 4) is 0 Å². The van der Waals surface area contributed by atoms with Crippen LogP contribution < -0.4 is 15.5 Å². The number of urea groups is 1. The molecule has 2 aliphatic rings. The Hall–Kier alpha value is -1.75. The van der Waals surface area contributed by atoms with Crippen LogP contribution in [0.25, 0.3) is 0 Å². The van der Waals surface area contributed by atoms with E-state index in [2.05, 4.69) is 21.6 Å². The number of nitrogens with one attached hydrogen (secondary N) is 2. The van der Waals surface area contributed by atoms with E-state index in [4.69, 9.17) is 0 Å². The Morgan fingerprint density at radius 3 is 2.48 bits per heavy atom. The molecule has 3 N–H and O–H groups in total. The third kappa shape index (κ3) is 3.78. The van der Waals surface area contributed by atoms with Crippen molar-refractivity contribution in [2.45, 2.75) is 50.5 Å². The van der Waals surface area contributed by atoms with Crippen LogP contribution in [-0.4, -0.2) is 36.4 Å². The third-order valence-corrected chi connectivity index (χ3v) is 5.09. The van der Waals surface area contributed by atoms with Crippen molar-refractivity contribution in [3.05, 3.63) is 24.3 Å². The number of hydrogen-bond donors (Lipinski definition) is 3. The van der Waals surface area contributed by atoms with Crippen LogP contribution in [0.15, 0.2) is 24.3 Å². The van der Waals surface area contributed by atoms with E-state index in [0.29, 0.717) is 0 Å². The molecule has 1 aromatic rings. The topological polar surface area (TPSA) is 64.6 Å². The average molecular weight is 317 g/mol. The van der Waals surface area contributed by atoms with Gasteiger partial charge in [-0.25, -0.2) is 4.79 Å². The lowest BCUT2D eigenvalue weighted by Gasteiger charge is -2.31. The van der Waals surface area contributed by atoms with E-state index in [1.807, 2.05) is 18.2 Å². The van der Waals surface area contributed by atoms with Crippen molar-refractivity contribution in [3.63, 3.8) is 0 Å². The molecule has 1 saturated heterocycles. The molecule has 5 nitrogen and oxygen atoms in total. The van der Waals surface area contributed by atoms with Gasteiger partial charge in [-0.1, -0.05) is 25.0 Å². The van der Waals surface area contributed by atoms with E-state index >= 15 is 0 Å². The molecular weight excluding hydrogens is 290 g/mol. The molecule has 1 saturated carbocycles. The van der Waals surface area contributed by atoms with Gasteiger partial charge < -0.3 is 20.6 Å². The summed E-state index contributed by atoms with van der Waals surface area (Å²) in [6.07, 6.45) is 7.51. The average Bonchev–Trinajstić information content (AvgIpc) is 3.05. The first kappa shape index (κ1) is 16.1. The summed E-state index contributed by atoms with van der Waals surface area (Å²) in [5.74, 6) is 0. The van der Waals surface area contributed by atoms with Crippen molar-refractivity contribution in [2.75, 3.05) is 29.9 Å². The van der Waals surface area contributed by atoms with Gasteiger partial charge in [-0.3, -0.25) is 0 Å². The van der Waals surface area contributed by atoms with Crippen LogP contribution in [0.5, 0.6) is 0 Å². The quantitative estimate of drug-likeness (QED) is 0.799. The molecule has 0 spiro atoms. The minimum atomic E-state index is -0.440. The number of para-hydroxylation sites is 2. The maximum Gasteiger partial charge on any atom is 0.319 e. The van der Waals surface area contributed by atoms with E-state index in [1.54, 1.807) is 0 Å². The second-order valence-electron chi connectivity index (χ2n) is 6.79. The number of piperidine rings is 1. The summed E-state index contributed by atoms with van der Waals surface area (Å²) < 4.78 is 0. The zero-order chi connectivity index (χ0) is 16.1. The molecule has 0 atom stereocenters. The molecule has 2 fully saturated rings. The lowest BCUT2D eigenvalue weighted by Crippen LogP contribution is -2.50. The highest BCUT2D eigenvalue weighted by Crippen LogP contribution is 2.31. The predicted octanol–water partition coefficient (Wildman–Crippen LogP) is 3.10. The van der Waals surface area contributed by atoms with Gasteiger partial charge in [0.25, 0.3) is 0 Å². The SMILES string of the molecule is O=C(Nc1ccccc1N1CCCCC1)NC1(CO)CCCC1. The van der Waals surface area contributed by atoms with Crippen LogP contribution in [0, 0.1) is 0 Å². The number of amides is 2. The smallest absolute Gasteiger partial charge is 0.319 e. The van der Waals surface area contributed by atoms with Gasteiger partial charge in [0.1, 0.15) is 0 Å². The van der Waals surface area contributed by atoms with Crippen molar-refractivity contribution in [1.29, 1.82) is 0 Å². The molecule has 1 aliphatic heterocycles. The van der Waals surface area contributed by atoms with Gasteiger partial charge in [0.15, 0.2) is 0 Å². The summed E-state index contributed by atoms with van der Waals surface area (Å²) in [4.78, 5) is 14.8. The van der Waals surface area contributed by atoms with E-state index in [9.17, 15) is 9.90 Å². The van der Waals surface area contributed by atoms with Crippen molar-refractivity contribution in [2.24, 2.45) is 0 Å². The number of benzene rings is 1. The van der Waals surface area contributed by atoms with Crippen LogP contribution in [0.2, 0.25) is 0 Å². The number of rotatable bonds is 4. The summed E-state index contributed by atoms with van der Waals surface area (Å²) in [6, 6.07) is 7.76. The highest BCUT2D eigenvalue weighted by atomic mass is 16.3. The fourth-order valence-corrected chi connectivity index (χ4v) is 3.76. The molecule has 1 heterocycles. The molecule has 0 radical (unpaired) electrons. The molecule has 3 rings (SSSR count). The van der Waals surface area contributed by atoms with E-state index in [0.717, 1.165) is 50.1 Å². The molecule has 0 bridgehead atoms. The molecule has 0 unspecified atom stereocenters. The Morgan fingerprint density at radius 2 is 1.78 bits per heavy atom. The number of carbonyl (C=O) groups is 1. The summed E-state index contributed by atoms with van der Waals surface area (Å²) in [6.45, 7) is 2.09. The van der Waals surface area contributed by atoms with Crippen LogP contribution in [-0.2, 0) is 0 Å². The van der Waals surface area contributed by atoms with E-state index in [-0.39, 0.29) is 12.6 Å². The molecule has 2 amide bonds. The van der Waals surface area contributed by atoms with Crippen LogP contribution in [0.1, 0.15) is 44.9 Å². The standard InChI is InChI=1S/C18H27N3O2/c22-14-18(10-4-5-11-18)20-17(23)19-15-8-2-3-9-16(15)21-12-6-1-7-13-21/h2-3,8-9,22H,1,4-7,10-14H2,(H2,19,20,23). The van der Waals surface area contributed by atoms with E-state index in [1.165, 1.54) is 19.3 Å². The highest BCUT2D eigenvalue weighted by Gasteiger charge is 2.34. The van der Waals surface area contributed by atoms with Gasteiger partial charge in [0, 0.05) is 13.1 Å². The number of anilines is 2. The van der Waals surface area contributed by atoms with Gasteiger partial charge >= 0.3 is 6.03 Å². The molecule has 23 heavy (non-hydrogen) atoms. The van der Waals surface area contributed by atoms with Crippen LogP contribution >= 0.6 is 0 Å². The van der Waals surface area contributed by atoms with Gasteiger partial charge in [0.2, 0.25) is 0 Å². The van der Waals surface area contributed by atoms with Gasteiger partial charge in [-0.15, -0.1) is 0 Å². The van der Waals surface area contributed by atoms with Crippen molar-refractivity contribution in [1.82, 2.24) is 5.32 Å². The van der Waals surface area contributed by atoms with Crippen molar-refractivity contribution < 1.29 is 9.90 Å². The monoisotopic (exact) mass is 317 g/mol. The summed E-state index contributed by atoms with van der Waals surface area (Å²) in [7, 11) is 0. The highest BCUT2D eigenvalue weighted by molar-refractivity contribution is 5.93. The minimum Gasteiger partial charge on any atom is -0.394 e. The number of nitrogens with zero attached hydrogens (tertiary/aromatic N) is 1. The lowest BCUT2D eigenvalue weighted by atomic mass is 9.99. The Bertz CT molecular complexity index is 535. The first-order valence-corrected chi connectivity index (χ1v) is 8.76. The normalized spacial score (nSPS) is 20.3. The molecule has 126 valence electrons. The molecule has 1 aromatic carbocycles. The van der Waals surface area contributed by atoms with Crippen LogP contribution in [0.4, 0.5) is 16.2 Å². The van der Waals surface area contributed by atoms with Gasteiger partial charge in [0.05, 0.1) is 23.5 Å². The Morgan fingerprint density at radius 1 is 1.09 bits per heavy atom. The van der Waals surface area contributed by atoms with E-state index < -0.39 is 5.54 Å². The Kier molecular flexibility index (Phi) is 5.06. The number of carbonyl (C=O) groups excluding carboxylic acids is 1. The van der Waals surface area contributed by atoms with Crippen molar-refractivity contribution >= 4 is 17.4 Å². The lowest BCUT2D eigenvalue weighted by molar-refractivity contribution is 0.167. The maximum absolute atomic E-state index is 12.4. The molecule has 1 aliphatic carbocycles. The Labute approximate surface area is 138 Å². The summed E-state index contributed by atoms with van der Waals surface area (Å²) in [5, 5.41) is 15.6. The maximum atomic E-state index is 12.4. The van der Waals surface area contributed by atoms with Gasteiger partial charge in [-0.2, -0.15) is 0 Å². The first-order chi connectivity index (χ1) is 11.2. The number of aliphatic hydroxyl groups excluding tert-OH is 1. The zero-order valence-electron chi connectivity index (χ0n) is 13.7. The third-order valence-electron chi connectivity index (χ3n) is 5.09. The number of hydrogen-bond acceptors (Lipinski definition) is 3. The molecular formula is C18H27N3O2. The Balaban J connectivity index is 1.68. The molecule has 5 heteroatoms. The summed E-state index contributed by atoms with van der Waals surface area (Å²) >= 11 is 0. The fraction of sp³-hybridized carbons (Fsp3) is 0.611. The fourth-order valence-electron chi connectivity index (χ4n) is 3.76. The second-order valence-corrected chi connectivity index (χ2v) is 6.79. The molecule has 0 aromatic heterocycles. The number of aliphatic hydroxyl groups is 1. The largest absolute Gasteiger partial charge is 0.394 e.